The van der Waals surface area contributed by atoms with Gasteiger partial charge < -0.3 is 10.4 Å². The zero-order valence-corrected chi connectivity index (χ0v) is 12.2. The molecule has 0 fully saturated rings. The third kappa shape index (κ3) is 4.22. The quantitative estimate of drug-likeness (QED) is 0.672. The number of carbonyl (C=O) groups is 1. The molecular weight excluding hydrogens is 276 g/mol. The first-order valence-electron chi connectivity index (χ1n) is 6.83. The van der Waals surface area contributed by atoms with E-state index in [9.17, 15) is 9.90 Å². The van der Waals surface area contributed by atoms with E-state index in [0.717, 1.165) is 11.1 Å². The van der Waals surface area contributed by atoms with Crippen molar-refractivity contribution in [1.29, 1.82) is 5.26 Å². The molecule has 0 atom stereocenters. The highest BCUT2D eigenvalue weighted by Crippen LogP contribution is 2.13. The fourth-order valence-electron chi connectivity index (χ4n) is 1.99. The summed E-state index contributed by atoms with van der Waals surface area (Å²) in [5.74, 6) is -0.281. The molecule has 22 heavy (non-hydrogen) atoms. The minimum Gasteiger partial charge on any atom is -0.508 e. The number of nitrogens with zero attached hydrogens (tertiary/aromatic N) is 1. The van der Waals surface area contributed by atoms with Crippen molar-refractivity contribution < 1.29 is 9.90 Å². The van der Waals surface area contributed by atoms with Crippen molar-refractivity contribution in [2.24, 2.45) is 0 Å². The molecule has 2 aromatic carbocycles. The molecule has 0 spiro atoms. The van der Waals surface area contributed by atoms with Gasteiger partial charge in [0, 0.05) is 6.54 Å². The Labute approximate surface area is 129 Å². The molecule has 1 amide bonds. The van der Waals surface area contributed by atoms with E-state index in [1.807, 2.05) is 37.3 Å². The summed E-state index contributed by atoms with van der Waals surface area (Å²) in [7, 11) is 0. The van der Waals surface area contributed by atoms with Crippen molar-refractivity contribution in [1.82, 2.24) is 5.32 Å². The Bertz CT molecular complexity index is 740. The van der Waals surface area contributed by atoms with Crippen molar-refractivity contribution in [3.63, 3.8) is 0 Å². The number of aryl methyl sites for hydroxylation is 1. The number of nitriles is 1. The van der Waals surface area contributed by atoms with Crippen LogP contribution in [0, 0.1) is 18.3 Å². The monoisotopic (exact) mass is 292 g/mol. The standard InChI is InChI=1S/C18H16N2O2/c1-13-3-2-4-15(9-13)12-20-18(22)16(11-19)10-14-5-7-17(21)8-6-14/h2-10,21H,12H2,1H3,(H,20,22)/b16-10+. The molecule has 0 aliphatic heterocycles. The van der Waals surface area contributed by atoms with E-state index in [0.29, 0.717) is 12.1 Å². The summed E-state index contributed by atoms with van der Waals surface area (Å²) in [5, 5.41) is 21.1. The van der Waals surface area contributed by atoms with Crippen LogP contribution in [0.4, 0.5) is 0 Å². The lowest BCUT2D eigenvalue weighted by Crippen LogP contribution is -2.23. The molecule has 0 radical (unpaired) electrons. The van der Waals surface area contributed by atoms with Gasteiger partial charge in [-0.05, 0) is 36.3 Å². The maximum absolute atomic E-state index is 12.1. The van der Waals surface area contributed by atoms with Gasteiger partial charge in [-0.2, -0.15) is 5.26 Å². The number of carbonyl (C=O) groups excluding carboxylic acids is 1. The van der Waals surface area contributed by atoms with E-state index < -0.39 is 5.91 Å². The first kappa shape index (κ1) is 15.3. The number of aromatic hydroxyl groups is 1. The van der Waals surface area contributed by atoms with Gasteiger partial charge in [-0.15, -0.1) is 0 Å². The van der Waals surface area contributed by atoms with Crippen LogP contribution in [0.2, 0.25) is 0 Å². The van der Waals surface area contributed by atoms with Gasteiger partial charge in [0.1, 0.15) is 17.4 Å². The summed E-state index contributed by atoms with van der Waals surface area (Å²) in [6, 6.07) is 16.0. The highest BCUT2D eigenvalue weighted by atomic mass is 16.3. The smallest absolute Gasteiger partial charge is 0.262 e. The molecule has 0 saturated heterocycles. The van der Waals surface area contributed by atoms with Crippen LogP contribution in [-0.4, -0.2) is 11.0 Å². The van der Waals surface area contributed by atoms with Crippen molar-refractivity contribution >= 4 is 12.0 Å². The molecule has 0 heterocycles. The molecule has 110 valence electrons. The number of nitrogens with one attached hydrogen (secondary N) is 1. The Kier molecular flexibility index (Phi) is 4.94. The second-order valence-electron chi connectivity index (χ2n) is 4.93. The zero-order chi connectivity index (χ0) is 15.9. The van der Waals surface area contributed by atoms with Crippen LogP contribution >= 0.6 is 0 Å². The summed E-state index contributed by atoms with van der Waals surface area (Å²) in [5.41, 5.74) is 2.81. The van der Waals surface area contributed by atoms with E-state index >= 15 is 0 Å². The maximum Gasteiger partial charge on any atom is 0.262 e. The van der Waals surface area contributed by atoms with Crippen LogP contribution in [0.1, 0.15) is 16.7 Å². The van der Waals surface area contributed by atoms with E-state index in [1.54, 1.807) is 12.1 Å². The van der Waals surface area contributed by atoms with Crippen molar-refractivity contribution in [2.75, 3.05) is 0 Å². The Balaban J connectivity index is 2.06. The number of hydrogen-bond acceptors (Lipinski definition) is 3. The third-order valence-electron chi connectivity index (χ3n) is 3.10. The Morgan fingerprint density at radius 2 is 2.00 bits per heavy atom. The summed E-state index contributed by atoms with van der Waals surface area (Å²) in [6.45, 7) is 2.35. The number of rotatable bonds is 4. The van der Waals surface area contributed by atoms with Crippen molar-refractivity contribution in [3.05, 3.63) is 70.8 Å². The second kappa shape index (κ2) is 7.09. The van der Waals surface area contributed by atoms with E-state index in [-0.39, 0.29) is 11.3 Å². The summed E-state index contributed by atoms with van der Waals surface area (Å²) >= 11 is 0. The molecule has 0 aliphatic rings. The second-order valence-corrected chi connectivity index (χ2v) is 4.93. The highest BCUT2D eigenvalue weighted by Gasteiger charge is 2.08. The Morgan fingerprint density at radius 3 is 2.64 bits per heavy atom. The Hall–Kier alpha value is -3.06. The lowest BCUT2D eigenvalue weighted by atomic mass is 10.1. The van der Waals surface area contributed by atoms with Gasteiger partial charge in [-0.3, -0.25) is 4.79 Å². The largest absolute Gasteiger partial charge is 0.508 e. The molecule has 4 heteroatoms. The van der Waals surface area contributed by atoms with E-state index in [4.69, 9.17) is 5.26 Å². The van der Waals surface area contributed by atoms with Crippen LogP contribution in [0.15, 0.2) is 54.1 Å². The minimum atomic E-state index is -0.419. The Morgan fingerprint density at radius 1 is 1.27 bits per heavy atom. The van der Waals surface area contributed by atoms with Crippen LogP contribution < -0.4 is 5.32 Å². The lowest BCUT2D eigenvalue weighted by molar-refractivity contribution is -0.117. The van der Waals surface area contributed by atoms with E-state index in [1.165, 1.54) is 18.2 Å². The van der Waals surface area contributed by atoms with Gasteiger partial charge in [0.25, 0.3) is 5.91 Å². The highest BCUT2D eigenvalue weighted by molar-refractivity contribution is 6.01. The normalized spacial score (nSPS) is 10.8. The van der Waals surface area contributed by atoms with Gasteiger partial charge in [0.05, 0.1) is 0 Å². The van der Waals surface area contributed by atoms with Crippen LogP contribution in [0.3, 0.4) is 0 Å². The van der Waals surface area contributed by atoms with Crippen molar-refractivity contribution in [3.8, 4) is 11.8 Å². The molecule has 0 aromatic heterocycles. The van der Waals surface area contributed by atoms with Gasteiger partial charge in [0.15, 0.2) is 0 Å². The molecule has 0 saturated carbocycles. The van der Waals surface area contributed by atoms with E-state index in [2.05, 4.69) is 5.32 Å². The lowest BCUT2D eigenvalue weighted by Gasteiger charge is -2.05. The zero-order valence-electron chi connectivity index (χ0n) is 12.2. The third-order valence-corrected chi connectivity index (χ3v) is 3.10. The average Bonchev–Trinajstić information content (AvgIpc) is 2.52. The maximum atomic E-state index is 12.1. The number of amides is 1. The average molecular weight is 292 g/mol. The summed E-state index contributed by atoms with van der Waals surface area (Å²) in [4.78, 5) is 12.1. The molecule has 4 nitrogen and oxygen atoms in total. The van der Waals surface area contributed by atoms with Crippen LogP contribution in [-0.2, 0) is 11.3 Å². The molecule has 0 bridgehead atoms. The first-order chi connectivity index (χ1) is 10.6. The molecule has 0 aliphatic carbocycles. The fraction of sp³-hybridized carbons (Fsp3) is 0.111. The molecule has 0 unspecified atom stereocenters. The summed E-state index contributed by atoms with van der Waals surface area (Å²) < 4.78 is 0. The predicted molar refractivity (Wildman–Crippen MR) is 84.7 cm³/mol. The van der Waals surface area contributed by atoms with Crippen LogP contribution in [0.5, 0.6) is 5.75 Å². The van der Waals surface area contributed by atoms with Crippen molar-refractivity contribution in [2.45, 2.75) is 13.5 Å². The fourth-order valence-corrected chi connectivity index (χ4v) is 1.99. The van der Waals surface area contributed by atoms with Crippen LogP contribution in [0.25, 0.3) is 6.08 Å². The number of hydrogen-bond donors (Lipinski definition) is 2. The number of phenolic OH excluding ortho intramolecular Hbond substituents is 1. The first-order valence-corrected chi connectivity index (χ1v) is 6.83. The topological polar surface area (TPSA) is 73.1 Å². The number of benzene rings is 2. The van der Waals surface area contributed by atoms with Gasteiger partial charge in [-0.1, -0.05) is 42.0 Å². The van der Waals surface area contributed by atoms with Gasteiger partial charge >= 0.3 is 0 Å². The summed E-state index contributed by atoms with van der Waals surface area (Å²) in [6.07, 6.45) is 1.49. The van der Waals surface area contributed by atoms with Gasteiger partial charge in [-0.25, -0.2) is 0 Å². The minimum absolute atomic E-state index is 0.0262. The van der Waals surface area contributed by atoms with Gasteiger partial charge in [0.2, 0.25) is 0 Å². The number of phenols is 1. The molecule has 2 aromatic rings. The molecule has 2 N–H and O–H groups in total. The molecule has 2 rings (SSSR count). The molecular formula is C18H16N2O2. The predicted octanol–water partition coefficient (Wildman–Crippen LogP) is 2.92. The SMILES string of the molecule is Cc1cccc(CNC(=O)/C(C#N)=C/c2ccc(O)cc2)c1.